The number of carbonyl (C=O) groups excluding carboxylic acids is 7. The third kappa shape index (κ3) is 23.4. The molecule has 12 rings (SSSR count). The number of benzene rings is 5. The Labute approximate surface area is 705 Å². The van der Waals surface area contributed by atoms with Gasteiger partial charge in [0.25, 0.3) is 0 Å². The molecular formula is C80H106Cl2N11O27P. The lowest BCUT2D eigenvalue weighted by Gasteiger charge is -2.48. The molecular weight excluding hydrogens is 1650 g/mol. The van der Waals surface area contributed by atoms with Gasteiger partial charge in [0.05, 0.1) is 59.3 Å². The van der Waals surface area contributed by atoms with Gasteiger partial charge in [0.1, 0.15) is 83.4 Å². The summed E-state index contributed by atoms with van der Waals surface area (Å²) in [5.41, 5.74) is 7.13. The number of fused-ring (bicyclic) bond motifs is 16. The molecule has 18 atom stereocenters. The van der Waals surface area contributed by atoms with Crippen molar-refractivity contribution in [3.05, 3.63) is 116 Å². The van der Waals surface area contributed by atoms with E-state index < -0.39 is 275 Å². The van der Waals surface area contributed by atoms with Crippen LogP contribution in [0.1, 0.15) is 163 Å². The number of carboxylic acid groups (broad SMARTS) is 1. The molecule has 0 unspecified atom stereocenters. The number of halogens is 2. The molecule has 25 N–H and O–H groups in total. The number of ether oxygens (including phenoxy) is 6. The van der Waals surface area contributed by atoms with Crippen LogP contribution in [0.4, 0.5) is 0 Å². The van der Waals surface area contributed by atoms with Crippen molar-refractivity contribution >= 4 is 78.1 Å². The number of carbonyl (C=O) groups is 8. The van der Waals surface area contributed by atoms with Crippen LogP contribution < -0.4 is 73.5 Å². The van der Waals surface area contributed by atoms with Crippen molar-refractivity contribution in [2.45, 2.75) is 227 Å². The van der Waals surface area contributed by atoms with Gasteiger partial charge in [0.2, 0.25) is 53.4 Å². The van der Waals surface area contributed by atoms with Crippen LogP contribution in [0.5, 0.6) is 46.0 Å². The SMILES string of the molecule is CCCCCCCCCCNCCN[C@@]1(C)C[C@H](O[C@H]2[C@H](Oc3c4cc5cc3Oc3ccc(cc3Cl)[C@@H](O)[C@@H]3NC(=O)[C@H](NC(=O)[C@@H]5NC(=O)[C@H](CC(N)=O)NC(=O)[C@H](NC(=O)[C@H](N)CC(C)C)[C@H](O)Cc5ccc(c(Cl)c5)O4)c4ccc(O)c(c4)-c4c(cc(O)c(CNCP(=O)(O)O)c4O)[C@@H](C(=O)O)NC3=O)O[C@H](CO)[C@@H](O)[C@@H]2O)O[C@@H](C)[C@H]1O. The molecule has 5 aromatic rings. The summed E-state index contributed by atoms with van der Waals surface area (Å²) in [7, 11) is -4.85. The molecule has 121 heavy (non-hydrogen) atoms. The zero-order valence-electron chi connectivity index (χ0n) is 66.9. The van der Waals surface area contributed by atoms with Crippen LogP contribution in [-0.2, 0) is 70.1 Å². The van der Waals surface area contributed by atoms with Crippen molar-refractivity contribution in [3.63, 3.8) is 0 Å². The monoisotopic (exact) mass is 1750 g/mol. The lowest BCUT2D eigenvalue weighted by atomic mass is 9.85. The summed E-state index contributed by atoms with van der Waals surface area (Å²) in [4.78, 5) is 138. The van der Waals surface area contributed by atoms with E-state index >= 15 is 19.2 Å². The quantitative estimate of drug-likeness (QED) is 0.0241. The second-order valence-electron chi connectivity index (χ2n) is 31.5. The summed E-state index contributed by atoms with van der Waals surface area (Å²) in [6.07, 6.45) is -11.0. The summed E-state index contributed by atoms with van der Waals surface area (Å²) >= 11 is 14.3. The van der Waals surface area contributed by atoms with Crippen LogP contribution in [0.25, 0.3) is 11.1 Å². The van der Waals surface area contributed by atoms with Crippen LogP contribution in [0, 0.1) is 5.92 Å². The molecule has 7 heterocycles. The van der Waals surface area contributed by atoms with Crippen LogP contribution in [0.3, 0.4) is 0 Å². The molecule has 0 spiro atoms. The maximum Gasteiger partial charge on any atom is 0.339 e. The van der Waals surface area contributed by atoms with Crippen molar-refractivity contribution in [1.82, 2.24) is 47.9 Å². The summed E-state index contributed by atoms with van der Waals surface area (Å²) in [5.74, 6) is -17.2. The van der Waals surface area contributed by atoms with Gasteiger partial charge in [0.15, 0.2) is 29.9 Å². The lowest BCUT2D eigenvalue weighted by Crippen LogP contribution is -2.65. The van der Waals surface area contributed by atoms with Crippen LogP contribution >= 0.6 is 30.8 Å². The molecule has 2 saturated heterocycles. The van der Waals surface area contributed by atoms with Gasteiger partial charge in [-0.2, -0.15) is 0 Å². The number of carboxylic acids is 1. The molecule has 0 radical (unpaired) electrons. The van der Waals surface area contributed by atoms with Crippen LogP contribution in [-0.4, -0.2) is 226 Å². The maximum absolute atomic E-state index is 16.3. The molecule has 0 aliphatic carbocycles. The fourth-order valence-corrected chi connectivity index (χ4v) is 16.0. The number of amides is 7. The molecule has 11 bridgehead atoms. The summed E-state index contributed by atoms with van der Waals surface area (Å²) in [5, 5.41) is 141. The number of rotatable bonds is 29. The highest BCUT2D eigenvalue weighted by Crippen LogP contribution is 2.51. The van der Waals surface area contributed by atoms with E-state index in [0.29, 0.717) is 13.1 Å². The first-order chi connectivity index (χ1) is 57.3. The molecule has 41 heteroatoms. The lowest BCUT2D eigenvalue weighted by molar-refractivity contribution is -0.334. The number of hydrogen-bond acceptors (Lipinski definition) is 28. The minimum absolute atomic E-state index is 0.0738. The van der Waals surface area contributed by atoms with Gasteiger partial charge < -0.3 is 149 Å². The van der Waals surface area contributed by atoms with Gasteiger partial charge in [-0.1, -0.05) is 107 Å². The van der Waals surface area contributed by atoms with Crippen molar-refractivity contribution < 1.29 is 132 Å². The summed E-state index contributed by atoms with van der Waals surface area (Å²) in [6.45, 7) is 8.88. The Balaban J connectivity index is 1.17. The van der Waals surface area contributed by atoms with E-state index in [1.165, 1.54) is 50.3 Å². The largest absolute Gasteiger partial charge is 0.507 e. The van der Waals surface area contributed by atoms with E-state index in [-0.39, 0.29) is 40.7 Å². The number of aliphatic hydroxyl groups is 6. The molecule has 0 aromatic heterocycles. The number of hydrogen-bond donors (Lipinski definition) is 23. The first-order valence-electron chi connectivity index (χ1n) is 39.8. The minimum Gasteiger partial charge on any atom is -0.507 e. The zero-order valence-corrected chi connectivity index (χ0v) is 69.3. The predicted molar refractivity (Wildman–Crippen MR) is 432 cm³/mol. The molecule has 0 saturated carbocycles. The van der Waals surface area contributed by atoms with E-state index in [2.05, 4.69) is 54.8 Å². The number of primary amides is 1. The van der Waals surface area contributed by atoms with Crippen LogP contribution in [0.2, 0.25) is 10.0 Å². The van der Waals surface area contributed by atoms with Gasteiger partial charge in [-0.05, 0) is 116 Å². The summed E-state index contributed by atoms with van der Waals surface area (Å²) < 4.78 is 51.4. The number of aliphatic carboxylic acids is 1. The minimum atomic E-state index is -4.85. The first-order valence-corrected chi connectivity index (χ1v) is 42.3. The zero-order chi connectivity index (χ0) is 88.2. The number of nitrogens with one attached hydrogen (secondary N) is 9. The topological polar surface area (TPSA) is 612 Å². The molecule has 7 amide bonds. The Hall–Kier alpha value is -9.13. The number of phenolic OH excluding ortho intramolecular Hbond substituents is 3. The smallest absolute Gasteiger partial charge is 0.339 e. The number of phenols is 3. The highest BCUT2D eigenvalue weighted by molar-refractivity contribution is 7.51. The van der Waals surface area contributed by atoms with Gasteiger partial charge in [-0.3, -0.25) is 38.1 Å². The van der Waals surface area contributed by atoms with Crippen molar-refractivity contribution in [2.24, 2.45) is 17.4 Å². The van der Waals surface area contributed by atoms with Crippen molar-refractivity contribution in [1.29, 1.82) is 0 Å². The second-order valence-corrected chi connectivity index (χ2v) is 33.9. The Morgan fingerprint density at radius 3 is 1.98 bits per heavy atom. The molecule has 7 aliphatic rings. The van der Waals surface area contributed by atoms with Gasteiger partial charge in [0, 0.05) is 54.7 Å². The standard InChI is InChI=1S/C80H106Cl2N11O27P/c1-6-7-8-9-10-11-12-13-20-85-21-22-87-80(5)32-58(115-37(4)71(80)103)119-70-68(102)67(101)56(34-94)118-79(70)120-69-54-28-41-29-55(69)117-53-19-16-40(27-46(53)82)65(99)64-77(109)91-62(78(110)111)43-30-50(96)44(33-86-35-121(112,113)114)66(100)59(43)42-26-39(15-17-49(42)95)60(74(106)93-64)90-75(107)61(41)89-73(105)48(31-57(84)98)88-76(108)63(92-72(104)47(83)23-36(2)3)51(97)25-38-14-18-52(116-54)45(81)24-38/h14-19,24,26-30,36-37,47-48,51,56,58,60-65,67-68,70-71,79,85-87,94-97,99-103H,6-13,20-23,25,31-35,83H2,1-5H3,(H2,84,98)(H,88,108)(H,89,105)(H,90,107)(H,91,109)(H,92,104)(H,93,106)(H,110,111)(H2,112,113,114)/t37-,47+,48-,51+,56+,58-,60+,61+,62-,63+,64-,65+,67+,68-,70+,71+,79-,80-/m0/s1. The number of aromatic hydroxyl groups is 3. The molecule has 38 nitrogen and oxygen atoms in total. The van der Waals surface area contributed by atoms with E-state index in [1.54, 1.807) is 27.7 Å². The third-order valence-corrected chi connectivity index (χ3v) is 22.8. The highest BCUT2D eigenvalue weighted by atomic mass is 35.5. The Bertz CT molecular complexity index is 4650. The molecule has 7 aliphatic heterocycles. The highest BCUT2D eigenvalue weighted by Gasteiger charge is 2.52. The van der Waals surface area contributed by atoms with Crippen molar-refractivity contribution in [3.8, 4) is 57.1 Å². The molecule has 662 valence electrons. The second kappa shape index (κ2) is 41.4. The maximum atomic E-state index is 16.3. The van der Waals surface area contributed by atoms with E-state index in [1.807, 2.05) is 0 Å². The van der Waals surface area contributed by atoms with Crippen LogP contribution in [0.15, 0.2) is 72.8 Å². The van der Waals surface area contributed by atoms with Gasteiger partial charge >= 0.3 is 13.6 Å². The Kier molecular flexibility index (Phi) is 32.2. The summed E-state index contributed by atoms with van der Waals surface area (Å²) in [6, 6.07) is -2.24. The molecule has 2 fully saturated rings. The number of aliphatic hydroxyl groups excluding tert-OH is 6. The Morgan fingerprint density at radius 2 is 1.35 bits per heavy atom. The van der Waals surface area contributed by atoms with Gasteiger partial charge in [-0.15, -0.1) is 0 Å². The van der Waals surface area contributed by atoms with E-state index in [9.17, 15) is 84.6 Å². The van der Waals surface area contributed by atoms with E-state index in [4.69, 9.17) is 63.1 Å². The van der Waals surface area contributed by atoms with Crippen molar-refractivity contribution in [2.75, 3.05) is 32.5 Å². The normalized spacial score (nSPS) is 26.8. The number of unbranched alkanes of at least 4 members (excludes halogenated alkanes) is 7. The fourth-order valence-electron chi connectivity index (χ4n) is 15.1. The fraction of sp³-hybridized carbons (Fsp3) is 0.525. The predicted octanol–water partition coefficient (Wildman–Crippen LogP) is 2.30. The average Bonchev–Trinajstić information content (AvgIpc) is 0.813. The van der Waals surface area contributed by atoms with Gasteiger partial charge in [-0.25, -0.2) is 4.79 Å². The Morgan fingerprint density at radius 1 is 0.711 bits per heavy atom. The number of nitrogens with two attached hydrogens (primary N) is 2. The molecule has 5 aromatic carbocycles. The van der Waals surface area contributed by atoms with E-state index in [0.717, 1.165) is 80.4 Å². The third-order valence-electron chi connectivity index (χ3n) is 21.6. The first kappa shape index (κ1) is 94.1. The average molecular weight is 1760 g/mol.